The van der Waals surface area contributed by atoms with Gasteiger partial charge in [-0.05, 0) is 39.2 Å². The van der Waals surface area contributed by atoms with Gasteiger partial charge in [0.05, 0.1) is 12.5 Å². The van der Waals surface area contributed by atoms with Crippen LogP contribution in [0.15, 0.2) is 0 Å². The fourth-order valence-electron chi connectivity index (χ4n) is 1.17. The standard InChI is InChI=1S/C13H25NO4S/c1-10(6-9-19-5)11(15)17-8-7-14-12(16)18-13(2,3)4/h10H,6-9H2,1-5H3,(H,14,16)/t10-/m0/s1. The van der Waals surface area contributed by atoms with Crippen LogP contribution in [-0.2, 0) is 14.3 Å². The van der Waals surface area contributed by atoms with Crippen molar-refractivity contribution in [3.8, 4) is 0 Å². The maximum atomic E-state index is 11.5. The summed E-state index contributed by atoms with van der Waals surface area (Å²) in [5.41, 5.74) is -0.521. The number of thioether (sulfide) groups is 1. The minimum atomic E-state index is -0.521. The van der Waals surface area contributed by atoms with Gasteiger partial charge in [0.15, 0.2) is 0 Å². The Labute approximate surface area is 119 Å². The number of rotatable bonds is 7. The SMILES string of the molecule is CSCC[C@H](C)C(=O)OCCNC(=O)OC(C)(C)C. The monoisotopic (exact) mass is 291 g/mol. The second kappa shape index (κ2) is 9.07. The molecule has 0 aromatic heterocycles. The summed E-state index contributed by atoms with van der Waals surface area (Å²) in [5.74, 6) is 0.612. The highest BCUT2D eigenvalue weighted by atomic mass is 32.2. The van der Waals surface area contributed by atoms with Gasteiger partial charge in [-0.15, -0.1) is 0 Å². The molecule has 0 radical (unpaired) electrons. The fourth-order valence-corrected chi connectivity index (χ4v) is 1.76. The van der Waals surface area contributed by atoms with E-state index in [-0.39, 0.29) is 25.0 Å². The highest BCUT2D eigenvalue weighted by molar-refractivity contribution is 7.98. The Kier molecular flexibility index (Phi) is 8.63. The normalized spacial score (nSPS) is 12.7. The number of ether oxygens (including phenoxy) is 2. The third kappa shape index (κ3) is 10.7. The first-order valence-electron chi connectivity index (χ1n) is 6.38. The Bertz CT molecular complexity index is 289. The van der Waals surface area contributed by atoms with Crippen LogP contribution in [0.1, 0.15) is 34.1 Å². The van der Waals surface area contributed by atoms with Gasteiger partial charge in [0.25, 0.3) is 0 Å². The molecule has 112 valence electrons. The van der Waals surface area contributed by atoms with Crippen LogP contribution >= 0.6 is 11.8 Å². The predicted octanol–water partition coefficient (Wildman–Crippen LogP) is 2.44. The van der Waals surface area contributed by atoms with E-state index in [1.807, 2.05) is 13.2 Å². The van der Waals surface area contributed by atoms with Crippen molar-refractivity contribution in [3.05, 3.63) is 0 Å². The van der Waals surface area contributed by atoms with Gasteiger partial charge in [0.1, 0.15) is 12.2 Å². The lowest BCUT2D eigenvalue weighted by Gasteiger charge is -2.19. The Morgan fingerprint density at radius 3 is 2.47 bits per heavy atom. The van der Waals surface area contributed by atoms with Gasteiger partial charge < -0.3 is 14.8 Å². The number of carbonyl (C=O) groups is 2. The second-order valence-corrected chi connectivity index (χ2v) is 6.26. The summed E-state index contributed by atoms with van der Waals surface area (Å²) in [7, 11) is 0. The van der Waals surface area contributed by atoms with Crippen LogP contribution in [0.5, 0.6) is 0 Å². The molecule has 6 heteroatoms. The van der Waals surface area contributed by atoms with E-state index in [1.54, 1.807) is 32.5 Å². The summed E-state index contributed by atoms with van der Waals surface area (Å²) >= 11 is 1.70. The molecule has 0 aliphatic rings. The Morgan fingerprint density at radius 1 is 1.32 bits per heavy atom. The molecule has 0 heterocycles. The van der Waals surface area contributed by atoms with Crippen LogP contribution < -0.4 is 5.32 Å². The number of nitrogens with one attached hydrogen (secondary N) is 1. The third-order valence-electron chi connectivity index (χ3n) is 2.17. The van der Waals surface area contributed by atoms with Crippen molar-refractivity contribution in [1.82, 2.24) is 5.32 Å². The molecule has 1 N–H and O–H groups in total. The molecular weight excluding hydrogens is 266 g/mol. The van der Waals surface area contributed by atoms with E-state index in [2.05, 4.69) is 5.32 Å². The van der Waals surface area contributed by atoms with Crippen LogP contribution in [-0.4, -0.2) is 42.8 Å². The van der Waals surface area contributed by atoms with Gasteiger partial charge in [-0.3, -0.25) is 4.79 Å². The fraction of sp³-hybridized carbons (Fsp3) is 0.846. The summed E-state index contributed by atoms with van der Waals surface area (Å²) in [4.78, 5) is 22.8. The van der Waals surface area contributed by atoms with Crippen molar-refractivity contribution in [2.45, 2.75) is 39.7 Å². The van der Waals surface area contributed by atoms with Crippen molar-refractivity contribution in [2.24, 2.45) is 5.92 Å². The summed E-state index contributed by atoms with van der Waals surface area (Å²) in [6.07, 6.45) is 2.31. The lowest BCUT2D eigenvalue weighted by molar-refractivity contribution is -0.147. The number of carbonyl (C=O) groups excluding carboxylic acids is 2. The molecule has 0 aromatic carbocycles. The van der Waals surface area contributed by atoms with E-state index in [0.29, 0.717) is 0 Å². The first-order valence-corrected chi connectivity index (χ1v) is 7.78. The number of alkyl carbamates (subject to hydrolysis) is 1. The molecule has 0 unspecified atom stereocenters. The first-order chi connectivity index (χ1) is 8.76. The molecular formula is C13H25NO4S. The minimum Gasteiger partial charge on any atom is -0.464 e. The lowest BCUT2D eigenvalue weighted by atomic mass is 10.1. The maximum Gasteiger partial charge on any atom is 0.407 e. The molecule has 0 spiro atoms. The predicted molar refractivity (Wildman–Crippen MR) is 77.4 cm³/mol. The van der Waals surface area contributed by atoms with E-state index in [9.17, 15) is 9.59 Å². The summed E-state index contributed by atoms with van der Waals surface area (Å²) < 4.78 is 10.1. The highest BCUT2D eigenvalue weighted by Crippen LogP contribution is 2.08. The van der Waals surface area contributed by atoms with Crippen LogP contribution in [0.25, 0.3) is 0 Å². The Balaban J connectivity index is 3.69. The molecule has 0 aliphatic carbocycles. The van der Waals surface area contributed by atoms with Crippen LogP contribution in [0.4, 0.5) is 4.79 Å². The number of hydrogen-bond acceptors (Lipinski definition) is 5. The van der Waals surface area contributed by atoms with E-state index >= 15 is 0 Å². The molecule has 1 atom stereocenters. The molecule has 5 nitrogen and oxygen atoms in total. The second-order valence-electron chi connectivity index (χ2n) is 5.28. The molecule has 0 fully saturated rings. The zero-order chi connectivity index (χ0) is 14.9. The number of esters is 1. The van der Waals surface area contributed by atoms with Gasteiger partial charge in [-0.1, -0.05) is 6.92 Å². The van der Waals surface area contributed by atoms with Crippen LogP contribution in [0.2, 0.25) is 0 Å². The largest absolute Gasteiger partial charge is 0.464 e. The molecule has 0 aromatic rings. The highest BCUT2D eigenvalue weighted by Gasteiger charge is 2.16. The average Bonchev–Trinajstić information content (AvgIpc) is 2.29. The zero-order valence-corrected chi connectivity index (χ0v) is 13.3. The topological polar surface area (TPSA) is 64.6 Å². The van der Waals surface area contributed by atoms with Gasteiger partial charge in [0.2, 0.25) is 0 Å². The number of amides is 1. The summed E-state index contributed by atoms with van der Waals surface area (Å²) in [5, 5.41) is 2.53. The van der Waals surface area contributed by atoms with Gasteiger partial charge in [-0.2, -0.15) is 11.8 Å². The molecule has 0 aliphatic heterocycles. The minimum absolute atomic E-state index is 0.103. The van der Waals surface area contributed by atoms with Crippen molar-refractivity contribution in [2.75, 3.05) is 25.2 Å². The van der Waals surface area contributed by atoms with E-state index in [1.165, 1.54) is 0 Å². The van der Waals surface area contributed by atoms with Crippen LogP contribution in [0, 0.1) is 5.92 Å². The molecule has 0 bridgehead atoms. The Hall–Kier alpha value is -0.910. The Morgan fingerprint density at radius 2 is 1.95 bits per heavy atom. The summed E-state index contributed by atoms with van der Waals surface area (Å²) in [6, 6.07) is 0. The van der Waals surface area contributed by atoms with Crippen LogP contribution in [0.3, 0.4) is 0 Å². The van der Waals surface area contributed by atoms with Crippen molar-refractivity contribution < 1.29 is 19.1 Å². The van der Waals surface area contributed by atoms with Crippen molar-refractivity contribution in [1.29, 1.82) is 0 Å². The molecule has 0 saturated carbocycles. The average molecular weight is 291 g/mol. The smallest absolute Gasteiger partial charge is 0.407 e. The van der Waals surface area contributed by atoms with Gasteiger partial charge in [0, 0.05) is 0 Å². The first kappa shape index (κ1) is 18.1. The quantitative estimate of drug-likeness (QED) is 0.576. The van der Waals surface area contributed by atoms with Gasteiger partial charge >= 0.3 is 12.1 Å². The van der Waals surface area contributed by atoms with E-state index < -0.39 is 11.7 Å². The lowest BCUT2D eigenvalue weighted by Crippen LogP contribution is -2.34. The maximum absolute atomic E-state index is 11.5. The van der Waals surface area contributed by atoms with E-state index in [4.69, 9.17) is 9.47 Å². The third-order valence-corrected chi connectivity index (χ3v) is 2.82. The van der Waals surface area contributed by atoms with Crippen molar-refractivity contribution >= 4 is 23.8 Å². The zero-order valence-electron chi connectivity index (χ0n) is 12.4. The summed E-state index contributed by atoms with van der Waals surface area (Å²) in [6.45, 7) is 7.65. The van der Waals surface area contributed by atoms with Crippen molar-refractivity contribution in [3.63, 3.8) is 0 Å². The number of hydrogen-bond donors (Lipinski definition) is 1. The molecule has 0 rings (SSSR count). The molecule has 19 heavy (non-hydrogen) atoms. The molecule has 1 amide bonds. The van der Waals surface area contributed by atoms with Gasteiger partial charge in [-0.25, -0.2) is 4.79 Å². The van der Waals surface area contributed by atoms with E-state index in [0.717, 1.165) is 12.2 Å². The molecule has 0 saturated heterocycles.